The molecule has 2 heterocycles. The lowest BCUT2D eigenvalue weighted by Crippen LogP contribution is -2.23. The molecule has 4 aromatic rings. The van der Waals surface area contributed by atoms with Crippen LogP contribution >= 0.6 is 0 Å². The van der Waals surface area contributed by atoms with E-state index in [1.54, 1.807) is 18.5 Å². The fourth-order valence-corrected chi connectivity index (χ4v) is 3.06. The lowest BCUT2D eigenvalue weighted by atomic mass is 10.1. The van der Waals surface area contributed by atoms with E-state index in [2.05, 4.69) is 15.3 Å². The number of hydrogen-bond acceptors (Lipinski definition) is 6. The Morgan fingerprint density at radius 3 is 2.62 bits per heavy atom. The lowest BCUT2D eigenvalue weighted by molar-refractivity contribution is -0.384. The van der Waals surface area contributed by atoms with Gasteiger partial charge in [-0.1, -0.05) is 18.2 Å². The minimum absolute atomic E-state index is 0.176. The number of imidazole rings is 1. The predicted octanol–water partition coefficient (Wildman–Crippen LogP) is 3.68. The molecule has 1 N–H and O–H groups in total. The molecule has 0 fully saturated rings. The Morgan fingerprint density at radius 1 is 1.09 bits per heavy atom. The van der Waals surface area contributed by atoms with Crippen LogP contribution in [0.2, 0.25) is 0 Å². The third-order valence-electron chi connectivity index (χ3n) is 4.71. The van der Waals surface area contributed by atoms with Gasteiger partial charge in [-0.2, -0.15) is 0 Å². The maximum atomic E-state index is 12.5. The van der Waals surface area contributed by atoms with Crippen molar-refractivity contribution >= 4 is 11.6 Å². The molecule has 4 rings (SSSR count). The molecule has 0 aliphatic carbocycles. The standard InChI is InChI=1S/C23H19N5O4/c29-23(18-6-9-21(22(13-18)28(30)31)27-12-11-24-16-27)26-14-17-4-7-20(8-5-17)32-15-19-3-1-2-10-25-19/h1-13,16H,14-15H2,(H,26,29). The van der Waals surface area contributed by atoms with Crippen LogP contribution in [0.25, 0.3) is 5.69 Å². The van der Waals surface area contributed by atoms with Crippen molar-refractivity contribution in [2.24, 2.45) is 0 Å². The van der Waals surface area contributed by atoms with Gasteiger partial charge in [-0.25, -0.2) is 4.98 Å². The van der Waals surface area contributed by atoms with Crippen LogP contribution in [-0.4, -0.2) is 25.4 Å². The number of aromatic nitrogens is 3. The quantitative estimate of drug-likeness (QED) is 0.338. The van der Waals surface area contributed by atoms with Crippen LogP contribution in [0.4, 0.5) is 5.69 Å². The normalized spacial score (nSPS) is 10.5. The molecule has 9 heteroatoms. The van der Waals surface area contributed by atoms with Gasteiger partial charge < -0.3 is 14.6 Å². The molecule has 2 aromatic carbocycles. The Balaban J connectivity index is 1.37. The van der Waals surface area contributed by atoms with Crippen molar-refractivity contribution in [3.63, 3.8) is 0 Å². The van der Waals surface area contributed by atoms with Gasteiger partial charge in [-0.15, -0.1) is 0 Å². The number of nitro groups is 1. The van der Waals surface area contributed by atoms with Crippen LogP contribution in [-0.2, 0) is 13.2 Å². The summed E-state index contributed by atoms with van der Waals surface area (Å²) in [6.45, 7) is 0.640. The van der Waals surface area contributed by atoms with Gasteiger partial charge in [0.1, 0.15) is 18.0 Å². The van der Waals surface area contributed by atoms with Crippen LogP contribution in [0.3, 0.4) is 0 Å². The van der Waals surface area contributed by atoms with Gasteiger partial charge in [0.15, 0.2) is 0 Å². The first kappa shape index (κ1) is 20.7. The van der Waals surface area contributed by atoms with E-state index in [4.69, 9.17) is 4.74 Å². The van der Waals surface area contributed by atoms with Gasteiger partial charge in [0.05, 0.1) is 16.9 Å². The third kappa shape index (κ3) is 4.96. The zero-order valence-corrected chi connectivity index (χ0v) is 16.9. The molecule has 0 atom stereocenters. The minimum atomic E-state index is -0.518. The van der Waals surface area contributed by atoms with E-state index in [-0.39, 0.29) is 17.8 Å². The first-order valence-electron chi connectivity index (χ1n) is 9.77. The molecule has 0 unspecified atom stereocenters. The van der Waals surface area contributed by atoms with Crippen molar-refractivity contribution in [2.75, 3.05) is 0 Å². The molecule has 0 bridgehead atoms. The summed E-state index contributed by atoms with van der Waals surface area (Å²) in [4.78, 5) is 31.6. The Kier molecular flexibility index (Phi) is 6.17. The molecule has 9 nitrogen and oxygen atoms in total. The van der Waals surface area contributed by atoms with Crippen molar-refractivity contribution in [3.05, 3.63) is 113 Å². The summed E-state index contributed by atoms with van der Waals surface area (Å²) in [5, 5.41) is 14.3. The lowest BCUT2D eigenvalue weighted by Gasteiger charge is -2.09. The topological polar surface area (TPSA) is 112 Å². The number of ether oxygens (including phenoxy) is 1. The highest BCUT2D eigenvalue weighted by Crippen LogP contribution is 2.24. The summed E-state index contributed by atoms with van der Waals surface area (Å²) in [6.07, 6.45) is 6.31. The van der Waals surface area contributed by atoms with Crippen LogP contribution in [0.15, 0.2) is 85.6 Å². The number of nitrogens with one attached hydrogen (secondary N) is 1. The van der Waals surface area contributed by atoms with Gasteiger partial charge in [0.2, 0.25) is 0 Å². The molecule has 160 valence electrons. The fourth-order valence-electron chi connectivity index (χ4n) is 3.06. The van der Waals surface area contributed by atoms with E-state index in [1.165, 1.54) is 29.2 Å². The zero-order chi connectivity index (χ0) is 22.3. The van der Waals surface area contributed by atoms with Crippen molar-refractivity contribution in [3.8, 4) is 11.4 Å². The van der Waals surface area contributed by atoms with Crippen LogP contribution in [0.1, 0.15) is 21.6 Å². The molecule has 0 saturated carbocycles. The summed E-state index contributed by atoms with van der Waals surface area (Å²) in [6, 6.07) is 17.3. The molecule has 2 aromatic heterocycles. The average molecular weight is 429 g/mol. The van der Waals surface area contributed by atoms with E-state index >= 15 is 0 Å². The second-order valence-electron chi connectivity index (χ2n) is 6.87. The summed E-state index contributed by atoms with van der Waals surface area (Å²) >= 11 is 0. The summed E-state index contributed by atoms with van der Waals surface area (Å²) in [5.41, 5.74) is 2.07. The molecule has 0 radical (unpaired) electrons. The second kappa shape index (κ2) is 9.52. The highest BCUT2D eigenvalue weighted by atomic mass is 16.6. The van der Waals surface area contributed by atoms with Gasteiger partial charge in [0, 0.05) is 36.8 Å². The van der Waals surface area contributed by atoms with Crippen molar-refractivity contribution in [1.82, 2.24) is 19.9 Å². The monoisotopic (exact) mass is 429 g/mol. The maximum Gasteiger partial charge on any atom is 0.294 e. The third-order valence-corrected chi connectivity index (χ3v) is 4.71. The first-order valence-corrected chi connectivity index (χ1v) is 9.77. The van der Waals surface area contributed by atoms with Crippen LogP contribution in [0.5, 0.6) is 5.75 Å². The number of amides is 1. The number of carbonyl (C=O) groups excluding carboxylic acids is 1. The number of rotatable bonds is 8. The molecular formula is C23H19N5O4. The van der Waals surface area contributed by atoms with Crippen LogP contribution in [0, 0.1) is 10.1 Å². The first-order chi connectivity index (χ1) is 15.6. The molecule has 0 saturated heterocycles. The molecule has 1 amide bonds. The highest BCUT2D eigenvalue weighted by molar-refractivity contribution is 5.95. The zero-order valence-electron chi connectivity index (χ0n) is 16.9. The van der Waals surface area contributed by atoms with Gasteiger partial charge in [0.25, 0.3) is 11.6 Å². The number of nitrogens with zero attached hydrogens (tertiary/aromatic N) is 4. The minimum Gasteiger partial charge on any atom is -0.487 e. The predicted molar refractivity (Wildman–Crippen MR) is 116 cm³/mol. The molecule has 0 aliphatic heterocycles. The van der Waals surface area contributed by atoms with E-state index < -0.39 is 10.8 Å². The van der Waals surface area contributed by atoms with E-state index in [0.717, 1.165) is 11.3 Å². The number of carbonyl (C=O) groups is 1. The van der Waals surface area contributed by atoms with E-state index in [0.29, 0.717) is 18.0 Å². The van der Waals surface area contributed by atoms with Crippen molar-refractivity contribution < 1.29 is 14.5 Å². The Morgan fingerprint density at radius 2 is 1.94 bits per heavy atom. The molecule has 0 aliphatic rings. The fraction of sp³-hybridized carbons (Fsp3) is 0.0870. The number of benzene rings is 2. The SMILES string of the molecule is O=C(NCc1ccc(OCc2ccccn2)cc1)c1ccc(-n2ccnc2)c([N+](=O)[O-])c1. The van der Waals surface area contributed by atoms with E-state index in [9.17, 15) is 14.9 Å². The maximum absolute atomic E-state index is 12.5. The Labute approximate surface area is 183 Å². The Bertz CT molecular complexity index is 1210. The van der Waals surface area contributed by atoms with Gasteiger partial charge in [-0.05, 0) is 42.0 Å². The number of pyridine rings is 1. The molecular weight excluding hydrogens is 410 g/mol. The largest absolute Gasteiger partial charge is 0.487 e. The van der Waals surface area contributed by atoms with Crippen LogP contribution < -0.4 is 10.1 Å². The van der Waals surface area contributed by atoms with E-state index in [1.807, 2.05) is 42.5 Å². The highest BCUT2D eigenvalue weighted by Gasteiger charge is 2.18. The second-order valence-corrected chi connectivity index (χ2v) is 6.87. The molecule has 0 spiro atoms. The van der Waals surface area contributed by atoms with Crippen molar-refractivity contribution in [2.45, 2.75) is 13.2 Å². The van der Waals surface area contributed by atoms with Gasteiger partial charge in [-0.3, -0.25) is 19.9 Å². The summed E-state index contributed by atoms with van der Waals surface area (Å²) in [7, 11) is 0. The van der Waals surface area contributed by atoms with Crippen molar-refractivity contribution in [1.29, 1.82) is 0 Å². The smallest absolute Gasteiger partial charge is 0.294 e. The number of hydrogen-bond donors (Lipinski definition) is 1. The molecule has 32 heavy (non-hydrogen) atoms. The summed E-state index contributed by atoms with van der Waals surface area (Å²) < 4.78 is 7.22. The number of nitro benzene ring substituents is 1. The Hall–Kier alpha value is -4.53. The summed E-state index contributed by atoms with van der Waals surface area (Å²) in [5.74, 6) is 0.289. The van der Waals surface area contributed by atoms with Gasteiger partial charge >= 0.3 is 0 Å². The average Bonchev–Trinajstić information content (AvgIpc) is 3.37.